The van der Waals surface area contributed by atoms with Crippen molar-refractivity contribution in [1.82, 2.24) is 14.7 Å². The molecule has 0 radical (unpaired) electrons. The minimum Gasteiger partial charge on any atom is -0.420 e. The molecule has 0 saturated carbocycles. The topological polar surface area (TPSA) is 81.5 Å². The van der Waals surface area contributed by atoms with E-state index in [1.807, 2.05) is 44.2 Å². The van der Waals surface area contributed by atoms with Gasteiger partial charge in [-0.2, -0.15) is 5.10 Å². The van der Waals surface area contributed by atoms with E-state index in [1.165, 1.54) is 23.7 Å². The average Bonchev–Trinajstić information content (AvgIpc) is 2.78. The van der Waals surface area contributed by atoms with E-state index in [2.05, 4.69) is 5.10 Å². The normalized spacial score (nSPS) is 16.2. The quantitative estimate of drug-likeness (QED) is 0.519. The van der Waals surface area contributed by atoms with Gasteiger partial charge in [0, 0.05) is 25.9 Å². The fraction of sp³-hybridized carbons (Fsp3) is 0.308. The van der Waals surface area contributed by atoms with E-state index in [9.17, 15) is 18.8 Å². The van der Waals surface area contributed by atoms with E-state index >= 15 is 0 Å². The van der Waals surface area contributed by atoms with Gasteiger partial charge in [0.2, 0.25) is 11.2 Å². The largest absolute Gasteiger partial charge is 0.420 e. The van der Waals surface area contributed by atoms with Gasteiger partial charge in [0.25, 0.3) is 5.91 Å². The molecule has 1 aliphatic rings. The minimum absolute atomic E-state index is 0.0681. The van der Waals surface area contributed by atoms with Crippen molar-refractivity contribution >= 4 is 11.9 Å². The van der Waals surface area contributed by atoms with Gasteiger partial charge in [-0.15, -0.1) is 0 Å². The van der Waals surface area contributed by atoms with Crippen molar-refractivity contribution in [2.75, 3.05) is 13.1 Å². The van der Waals surface area contributed by atoms with E-state index in [4.69, 9.17) is 4.74 Å². The SMILES string of the molecule is CCCN1CC(C(c2cccc(C)c2)c2cccc(F)c2)n2ncc(=O)c(OC(C)=O)c2C1=O. The maximum absolute atomic E-state index is 14.3. The molecule has 0 bridgehead atoms. The second kappa shape index (κ2) is 9.59. The zero-order valence-electron chi connectivity index (χ0n) is 19.3. The van der Waals surface area contributed by atoms with Crippen LogP contribution < -0.4 is 10.2 Å². The molecule has 0 N–H and O–H groups in total. The Morgan fingerprint density at radius 3 is 2.53 bits per heavy atom. The summed E-state index contributed by atoms with van der Waals surface area (Å²) in [5.41, 5.74) is 1.94. The summed E-state index contributed by atoms with van der Waals surface area (Å²) in [6.07, 6.45) is 1.75. The molecule has 176 valence electrons. The first-order chi connectivity index (χ1) is 16.3. The molecule has 0 fully saturated rings. The maximum atomic E-state index is 14.3. The van der Waals surface area contributed by atoms with Crippen molar-refractivity contribution in [3.63, 3.8) is 0 Å². The minimum atomic E-state index is -0.705. The van der Waals surface area contributed by atoms with E-state index < -0.39 is 23.3 Å². The highest BCUT2D eigenvalue weighted by atomic mass is 19.1. The highest BCUT2D eigenvalue weighted by molar-refractivity contribution is 5.96. The number of benzene rings is 2. The van der Waals surface area contributed by atoms with Crippen LogP contribution in [0.15, 0.2) is 59.5 Å². The molecule has 1 amide bonds. The molecule has 2 unspecified atom stereocenters. The third-order valence-corrected chi connectivity index (χ3v) is 5.91. The second-order valence-electron chi connectivity index (χ2n) is 8.49. The highest BCUT2D eigenvalue weighted by Crippen LogP contribution is 2.40. The molecule has 0 aliphatic carbocycles. The molecule has 2 heterocycles. The Morgan fingerprint density at radius 2 is 1.88 bits per heavy atom. The van der Waals surface area contributed by atoms with Gasteiger partial charge in [0.05, 0.1) is 12.2 Å². The van der Waals surface area contributed by atoms with Crippen molar-refractivity contribution < 1.29 is 18.7 Å². The van der Waals surface area contributed by atoms with Crippen LogP contribution in [0.5, 0.6) is 5.75 Å². The molecule has 1 aromatic heterocycles. The van der Waals surface area contributed by atoms with Crippen LogP contribution in [0.25, 0.3) is 0 Å². The van der Waals surface area contributed by atoms with Crippen LogP contribution in [0, 0.1) is 12.7 Å². The molecule has 0 saturated heterocycles. The number of hydrogen-bond acceptors (Lipinski definition) is 5. The lowest BCUT2D eigenvalue weighted by Crippen LogP contribution is -2.47. The summed E-state index contributed by atoms with van der Waals surface area (Å²) in [4.78, 5) is 39.3. The standard InChI is InChI=1S/C26H26FN3O4/c1-4-11-29-15-21(30-24(26(29)33)25(34-17(3)31)22(32)14-28-30)23(18-8-5-7-16(2)12-18)19-9-6-10-20(27)13-19/h5-10,12-14,21,23H,4,11,15H2,1-3H3. The van der Waals surface area contributed by atoms with E-state index in [-0.39, 0.29) is 23.2 Å². The fourth-order valence-electron chi connectivity index (χ4n) is 4.59. The zero-order chi connectivity index (χ0) is 24.4. The molecular weight excluding hydrogens is 437 g/mol. The number of esters is 1. The number of aryl methyl sites for hydroxylation is 1. The Balaban J connectivity index is 1.98. The van der Waals surface area contributed by atoms with Crippen LogP contribution in [0.4, 0.5) is 4.39 Å². The van der Waals surface area contributed by atoms with Crippen LogP contribution in [0.2, 0.25) is 0 Å². The van der Waals surface area contributed by atoms with Crippen molar-refractivity contribution in [2.45, 2.75) is 39.2 Å². The first-order valence-electron chi connectivity index (χ1n) is 11.2. The van der Waals surface area contributed by atoms with E-state index in [0.29, 0.717) is 25.1 Å². The third-order valence-electron chi connectivity index (χ3n) is 5.91. The Kier molecular flexibility index (Phi) is 6.58. The Labute approximate surface area is 196 Å². The number of rotatable bonds is 6. The predicted octanol–water partition coefficient (Wildman–Crippen LogP) is 3.86. The van der Waals surface area contributed by atoms with Gasteiger partial charge < -0.3 is 9.64 Å². The highest BCUT2D eigenvalue weighted by Gasteiger charge is 2.40. The predicted molar refractivity (Wildman–Crippen MR) is 124 cm³/mol. The van der Waals surface area contributed by atoms with E-state index in [0.717, 1.165) is 17.3 Å². The molecule has 7 nitrogen and oxygen atoms in total. The van der Waals surface area contributed by atoms with Gasteiger partial charge in [-0.3, -0.25) is 19.1 Å². The van der Waals surface area contributed by atoms with Gasteiger partial charge >= 0.3 is 5.97 Å². The van der Waals surface area contributed by atoms with Gasteiger partial charge in [0.15, 0.2) is 5.69 Å². The maximum Gasteiger partial charge on any atom is 0.308 e. The van der Waals surface area contributed by atoms with Gasteiger partial charge in [-0.05, 0) is 36.6 Å². The molecule has 34 heavy (non-hydrogen) atoms. The first-order valence-corrected chi connectivity index (χ1v) is 11.2. The molecule has 8 heteroatoms. The number of hydrogen-bond donors (Lipinski definition) is 0. The lowest BCUT2D eigenvalue weighted by atomic mass is 9.83. The molecule has 2 atom stereocenters. The second-order valence-corrected chi connectivity index (χ2v) is 8.49. The lowest BCUT2D eigenvalue weighted by molar-refractivity contribution is -0.132. The summed E-state index contributed by atoms with van der Waals surface area (Å²) in [6, 6.07) is 13.7. The molecule has 2 aromatic carbocycles. The monoisotopic (exact) mass is 463 g/mol. The number of nitrogens with zero attached hydrogens (tertiary/aromatic N) is 3. The number of carbonyl (C=O) groups is 2. The van der Waals surface area contributed by atoms with Crippen molar-refractivity contribution in [3.05, 3.63) is 93.2 Å². The zero-order valence-corrected chi connectivity index (χ0v) is 19.3. The first kappa shape index (κ1) is 23.4. The Morgan fingerprint density at radius 1 is 1.18 bits per heavy atom. The summed E-state index contributed by atoms with van der Waals surface area (Å²) >= 11 is 0. The summed E-state index contributed by atoms with van der Waals surface area (Å²) in [5.74, 6) is -2.23. The molecular formula is C26H26FN3O4. The number of halogens is 1. The van der Waals surface area contributed by atoms with Crippen molar-refractivity contribution in [2.24, 2.45) is 0 Å². The summed E-state index contributed by atoms with van der Waals surface area (Å²) in [5, 5.41) is 4.30. The fourth-order valence-corrected chi connectivity index (χ4v) is 4.59. The van der Waals surface area contributed by atoms with Gasteiger partial charge in [-0.1, -0.05) is 48.9 Å². The van der Waals surface area contributed by atoms with Crippen LogP contribution in [0.1, 0.15) is 59.4 Å². The van der Waals surface area contributed by atoms with Crippen molar-refractivity contribution in [1.29, 1.82) is 0 Å². The van der Waals surface area contributed by atoms with Crippen molar-refractivity contribution in [3.8, 4) is 5.75 Å². The number of ether oxygens (including phenoxy) is 1. The molecule has 3 aromatic rings. The number of fused-ring (bicyclic) bond motifs is 1. The van der Waals surface area contributed by atoms with Crippen LogP contribution in [-0.2, 0) is 4.79 Å². The number of aromatic nitrogens is 2. The van der Waals surface area contributed by atoms with Gasteiger partial charge in [0.1, 0.15) is 5.82 Å². The lowest BCUT2D eigenvalue weighted by Gasteiger charge is -2.39. The molecule has 4 rings (SSSR count). The van der Waals surface area contributed by atoms with Gasteiger partial charge in [-0.25, -0.2) is 4.39 Å². The smallest absolute Gasteiger partial charge is 0.308 e. The Bertz CT molecular complexity index is 1260. The van der Waals surface area contributed by atoms with Crippen LogP contribution in [-0.4, -0.2) is 39.6 Å². The summed E-state index contributed by atoms with van der Waals surface area (Å²) in [7, 11) is 0. The summed E-state index contributed by atoms with van der Waals surface area (Å²) < 4.78 is 21.0. The molecule has 0 spiro atoms. The Hall–Kier alpha value is -3.81. The van der Waals surface area contributed by atoms with E-state index in [1.54, 1.807) is 11.0 Å². The number of amides is 1. The van der Waals surface area contributed by atoms with Crippen LogP contribution >= 0.6 is 0 Å². The number of carbonyl (C=O) groups excluding carboxylic acids is 2. The molecule has 1 aliphatic heterocycles. The average molecular weight is 464 g/mol. The third kappa shape index (κ3) is 4.48. The van der Waals surface area contributed by atoms with Crippen LogP contribution in [0.3, 0.4) is 0 Å². The summed E-state index contributed by atoms with van der Waals surface area (Å²) in [6.45, 7) is 5.84.